The number of carbonyl (C=O) groups is 1. The molecule has 1 aromatic carbocycles. The zero-order valence-electron chi connectivity index (χ0n) is 15.8. The molecular weight excluding hydrogens is 373 g/mol. The summed E-state index contributed by atoms with van der Waals surface area (Å²) in [5.74, 6) is -2.18. The van der Waals surface area contributed by atoms with Crippen LogP contribution in [0.1, 0.15) is 33.1 Å². The Labute approximate surface area is 160 Å². The quantitative estimate of drug-likeness (QED) is 0.785. The second-order valence-corrected chi connectivity index (χ2v) is 7.24. The number of rotatable bonds is 6. The summed E-state index contributed by atoms with van der Waals surface area (Å²) in [4.78, 5) is 20.5. The van der Waals surface area contributed by atoms with E-state index in [2.05, 4.69) is 20.6 Å². The highest BCUT2D eigenvalue weighted by atomic mass is 19.2. The fourth-order valence-electron chi connectivity index (χ4n) is 3.25. The molecule has 152 valence electrons. The van der Waals surface area contributed by atoms with Crippen LogP contribution in [0.15, 0.2) is 18.3 Å². The van der Waals surface area contributed by atoms with Gasteiger partial charge < -0.3 is 15.4 Å². The topological polar surface area (TPSA) is 76.1 Å². The number of nitrogens with zero attached hydrogens (tertiary/aromatic N) is 2. The largest absolute Gasteiger partial charge is 0.381 e. The molecule has 28 heavy (non-hydrogen) atoms. The van der Waals surface area contributed by atoms with Crippen LogP contribution in [0.4, 0.5) is 19.0 Å². The van der Waals surface area contributed by atoms with Gasteiger partial charge in [0.25, 0.3) is 5.91 Å². The van der Waals surface area contributed by atoms with E-state index in [1.807, 2.05) is 6.92 Å². The number of hydrogen-bond donors (Lipinski definition) is 2. The molecular formula is C19H23F3N4O2. The van der Waals surface area contributed by atoms with Gasteiger partial charge in [-0.25, -0.2) is 18.2 Å². The molecule has 0 saturated carbocycles. The monoisotopic (exact) mass is 396 g/mol. The lowest BCUT2D eigenvalue weighted by Gasteiger charge is -2.30. The van der Waals surface area contributed by atoms with E-state index in [9.17, 15) is 18.0 Å². The molecule has 0 aliphatic carbocycles. The molecule has 1 aliphatic heterocycles. The third-order valence-corrected chi connectivity index (χ3v) is 4.76. The van der Waals surface area contributed by atoms with Gasteiger partial charge in [0.1, 0.15) is 5.82 Å². The van der Waals surface area contributed by atoms with Crippen molar-refractivity contribution in [3.63, 3.8) is 0 Å². The molecule has 1 aliphatic rings. The number of halogens is 3. The standard InChI is InChI=1S/C19H23F3N4O2/c1-11(7-12(2)25-18(27)19(22)3-5-28-6-4-19)24-17-10-23-15-8-13(20)14(21)9-16(15)26-17/h8-12H,3-7H2,1-2H3,(H,24,26)(H,25,27). The van der Waals surface area contributed by atoms with Crippen molar-refractivity contribution in [1.29, 1.82) is 0 Å². The number of nitrogens with one attached hydrogen (secondary N) is 2. The summed E-state index contributed by atoms with van der Waals surface area (Å²) in [6.45, 7) is 4.14. The molecule has 2 aromatic rings. The number of carbonyl (C=O) groups excluding carboxylic acids is 1. The Morgan fingerprint density at radius 1 is 1.18 bits per heavy atom. The maximum absolute atomic E-state index is 14.6. The first-order chi connectivity index (χ1) is 13.3. The normalized spacial score (nSPS) is 18.5. The number of anilines is 1. The zero-order chi connectivity index (χ0) is 20.3. The molecule has 0 spiro atoms. The second kappa shape index (κ2) is 8.30. The molecule has 0 bridgehead atoms. The van der Waals surface area contributed by atoms with E-state index in [4.69, 9.17) is 4.74 Å². The van der Waals surface area contributed by atoms with Crippen molar-refractivity contribution in [2.45, 2.75) is 50.9 Å². The molecule has 3 rings (SSSR count). The third-order valence-electron chi connectivity index (χ3n) is 4.76. The number of benzene rings is 1. The highest BCUT2D eigenvalue weighted by molar-refractivity contribution is 5.85. The molecule has 1 aromatic heterocycles. The number of amides is 1. The van der Waals surface area contributed by atoms with E-state index in [0.717, 1.165) is 12.1 Å². The van der Waals surface area contributed by atoms with Crippen molar-refractivity contribution in [3.8, 4) is 0 Å². The fourth-order valence-corrected chi connectivity index (χ4v) is 3.25. The Morgan fingerprint density at radius 3 is 2.50 bits per heavy atom. The van der Waals surface area contributed by atoms with Crippen LogP contribution in [-0.4, -0.2) is 46.8 Å². The molecule has 1 amide bonds. The molecule has 2 unspecified atom stereocenters. The average Bonchev–Trinajstić information content (AvgIpc) is 2.63. The van der Waals surface area contributed by atoms with Crippen molar-refractivity contribution < 1.29 is 22.7 Å². The van der Waals surface area contributed by atoms with E-state index >= 15 is 0 Å². The SMILES string of the molecule is CC(CC(C)Nc1cnc2cc(F)c(F)cc2n1)NC(=O)C1(F)CCOCC1. The molecule has 2 atom stereocenters. The maximum Gasteiger partial charge on any atom is 0.258 e. The van der Waals surface area contributed by atoms with Gasteiger partial charge in [-0.1, -0.05) is 0 Å². The molecule has 1 saturated heterocycles. The lowest BCUT2D eigenvalue weighted by atomic mass is 9.95. The van der Waals surface area contributed by atoms with Gasteiger partial charge in [0.2, 0.25) is 0 Å². The number of fused-ring (bicyclic) bond motifs is 1. The number of alkyl halides is 1. The Morgan fingerprint density at radius 2 is 1.82 bits per heavy atom. The Bertz CT molecular complexity index is 858. The van der Waals surface area contributed by atoms with Crippen molar-refractivity contribution in [1.82, 2.24) is 15.3 Å². The minimum Gasteiger partial charge on any atom is -0.381 e. The Hall–Kier alpha value is -2.42. The Balaban J connectivity index is 1.57. The second-order valence-electron chi connectivity index (χ2n) is 7.24. The summed E-state index contributed by atoms with van der Waals surface area (Å²) in [5, 5.41) is 5.82. The molecule has 2 N–H and O–H groups in total. The van der Waals surface area contributed by atoms with Crippen molar-refractivity contribution >= 4 is 22.8 Å². The van der Waals surface area contributed by atoms with Gasteiger partial charge in [-0.3, -0.25) is 9.78 Å². The molecule has 9 heteroatoms. The average molecular weight is 396 g/mol. The number of ether oxygens (including phenoxy) is 1. The summed E-state index contributed by atoms with van der Waals surface area (Å²) >= 11 is 0. The van der Waals surface area contributed by atoms with Crippen LogP contribution in [0.25, 0.3) is 11.0 Å². The summed E-state index contributed by atoms with van der Waals surface area (Å²) in [6, 6.07) is 1.58. The zero-order valence-corrected chi connectivity index (χ0v) is 15.8. The predicted molar refractivity (Wildman–Crippen MR) is 98.7 cm³/mol. The first-order valence-electron chi connectivity index (χ1n) is 9.23. The molecule has 6 nitrogen and oxygen atoms in total. The highest BCUT2D eigenvalue weighted by Crippen LogP contribution is 2.25. The van der Waals surface area contributed by atoms with E-state index in [1.165, 1.54) is 6.20 Å². The van der Waals surface area contributed by atoms with Gasteiger partial charge in [-0.05, 0) is 20.3 Å². The van der Waals surface area contributed by atoms with Crippen LogP contribution in [0.5, 0.6) is 0 Å². The van der Waals surface area contributed by atoms with Gasteiger partial charge in [0.15, 0.2) is 17.3 Å². The van der Waals surface area contributed by atoms with Gasteiger partial charge in [0.05, 0.1) is 30.4 Å². The molecule has 1 fully saturated rings. The fraction of sp³-hybridized carbons (Fsp3) is 0.526. The van der Waals surface area contributed by atoms with E-state index < -0.39 is 23.2 Å². The van der Waals surface area contributed by atoms with Crippen LogP contribution < -0.4 is 10.6 Å². The first-order valence-corrected chi connectivity index (χ1v) is 9.23. The number of hydrogen-bond acceptors (Lipinski definition) is 5. The lowest BCUT2D eigenvalue weighted by molar-refractivity contribution is -0.139. The van der Waals surface area contributed by atoms with E-state index in [0.29, 0.717) is 12.2 Å². The molecule has 0 radical (unpaired) electrons. The van der Waals surface area contributed by atoms with Crippen LogP contribution in [0.3, 0.4) is 0 Å². The first kappa shape index (κ1) is 20.3. The smallest absolute Gasteiger partial charge is 0.258 e. The Kier molecular flexibility index (Phi) is 6.02. The van der Waals surface area contributed by atoms with Crippen molar-refractivity contribution in [2.24, 2.45) is 0 Å². The van der Waals surface area contributed by atoms with Gasteiger partial charge >= 0.3 is 0 Å². The van der Waals surface area contributed by atoms with Crippen molar-refractivity contribution in [3.05, 3.63) is 30.0 Å². The minimum absolute atomic E-state index is 0.0587. The summed E-state index contributed by atoms with van der Waals surface area (Å²) < 4.78 is 46.4. The summed E-state index contributed by atoms with van der Waals surface area (Å²) in [5.41, 5.74) is -1.40. The number of aromatic nitrogens is 2. The minimum atomic E-state index is -1.88. The third kappa shape index (κ3) is 4.70. The lowest BCUT2D eigenvalue weighted by Crippen LogP contribution is -2.50. The summed E-state index contributed by atoms with van der Waals surface area (Å²) in [6.07, 6.45) is 2.06. The van der Waals surface area contributed by atoms with Crippen molar-refractivity contribution in [2.75, 3.05) is 18.5 Å². The van der Waals surface area contributed by atoms with Gasteiger partial charge in [-0.2, -0.15) is 0 Å². The predicted octanol–water partition coefficient (Wildman–Crippen LogP) is 3.12. The molecule has 2 heterocycles. The van der Waals surface area contributed by atoms with Crippen LogP contribution in [0.2, 0.25) is 0 Å². The van der Waals surface area contributed by atoms with Crippen LogP contribution in [0, 0.1) is 11.6 Å². The summed E-state index contributed by atoms with van der Waals surface area (Å²) in [7, 11) is 0. The van der Waals surface area contributed by atoms with E-state index in [-0.39, 0.29) is 49.2 Å². The maximum atomic E-state index is 14.6. The van der Waals surface area contributed by atoms with Crippen LogP contribution >= 0.6 is 0 Å². The van der Waals surface area contributed by atoms with Crippen LogP contribution in [-0.2, 0) is 9.53 Å². The van der Waals surface area contributed by atoms with Gasteiger partial charge in [0, 0.05) is 37.1 Å². The van der Waals surface area contributed by atoms with E-state index in [1.54, 1.807) is 6.92 Å². The highest BCUT2D eigenvalue weighted by Gasteiger charge is 2.40. The van der Waals surface area contributed by atoms with Gasteiger partial charge in [-0.15, -0.1) is 0 Å².